The van der Waals surface area contributed by atoms with Gasteiger partial charge in [0.05, 0.1) is 11.4 Å². The van der Waals surface area contributed by atoms with Gasteiger partial charge in [0.15, 0.2) is 0 Å². The molecule has 0 amide bonds. The molecule has 19 heavy (non-hydrogen) atoms. The standard InChI is InChI=1S/C16H25N3/c1-12(2)8-9-13(3)17-11-15-14(4)18-16-7-5-6-10-19(15)16/h5-7,10,12-13,17H,8-9,11H2,1-4H3. The van der Waals surface area contributed by atoms with Gasteiger partial charge in [-0.2, -0.15) is 0 Å². The number of pyridine rings is 1. The van der Waals surface area contributed by atoms with Gasteiger partial charge in [-0.3, -0.25) is 0 Å². The van der Waals surface area contributed by atoms with E-state index in [0.717, 1.165) is 23.8 Å². The molecule has 0 aromatic carbocycles. The van der Waals surface area contributed by atoms with Crippen molar-refractivity contribution in [2.75, 3.05) is 0 Å². The van der Waals surface area contributed by atoms with E-state index >= 15 is 0 Å². The molecule has 0 saturated heterocycles. The van der Waals surface area contributed by atoms with E-state index in [1.807, 2.05) is 6.07 Å². The van der Waals surface area contributed by atoms with Gasteiger partial charge in [-0.25, -0.2) is 4.98 Å². The van der Waals surface area contributed by atoms with Crippen molar-refractivity contribution in [3.05, 3.63) is 35.8 Å². The van der Waals surface area contributed by atoms with Crippen LogP contribution in [0.1, 0.15) is 45.0 Å². The summed E-state index contributed by atoms with van der Waals surface area (Å²) in [6.45, 7) is 9.79. The zero-order chi connectivity index (χ0) is 13.8. The number of imidazole rings is 1. The maximum absolute atomic E-state index is 4.59. The Morgan fingerprint density at radius 3 is 2.74 bits per heavy atom. The number of nitrogens with zero attached hydrogens (tertiary/aromatic N) is 2. The molecular weight excluding hydrogens is 234 g/mol. The molecule has 0 fully saturated rings. The van der Waals surface area contributed by atoms with Gasteiger partial charge in [0, 0.05) is 18.8 Å². The largest absolute Gasteiger partial charge is 0.309 e. The van der Waals surface area contributed by atoms with E-state index in [0.29, 0.717) is 6.04 Å². The lowest BCUT2D eigenvalue weighted by Crippen LogP contribution is -2.26. The molecule has 2 rings (SSSR count). The summed E-state index contributed by atoms with van der Waals surface area (Å²) in [5.74, 6) is 0.779. The molecule has 1 unspecified atom stereocenters. The summed E-state index contributed by atoms with van der Waals surface area (Å²) >= 11 is 0. The lowest BCUT2D eigenvalue weighted by molar-refractivity contribution is 0.448. The Balaban J connectivity index is 1.99. The lowest BCUT2D eigenvalue weighted by Gasteiger charge is -2.15. The van der Waals surface area contributed by atoms with Crippen LogP contribution in [0.5, 0.6) is 0 Å². The highest BCUT2D eigenvalue weighted by Gasteiger charge is 2.09. The first-order chi connectivity index (χ1) is 9.08. The Morgan fingerprint density at radius 2 is 2.00 bits per heavy atom. The maximum Gasteiger partial charge on any atom is 0.137 e. The molecule has 0 spiro atoms. The molecule has 2 aromatic rings. The zero-order valence-electron chi connectivity index (χ0n) is 12.5. The summed E-state index contributed by atoms with van der Waals surface area (Å²) < 4.78 is 2.18. The van der Waals surface area contributed by atoms with Crippen LogP contribution < -0.4 is 5.32 Å². The van der Waals surface area contributed by atoms with E-state index < -0.39 is 0 Å². The minimum Gasteiger partial charge on any atom is -0.309 e. The van der Waals surface area contributed by atoms with Crippen molar-refractivity contribution in [1.82, 2.24) is 14.7 Å². The fourth-order valence-electron chi connectivity index (χ4n) is 2.33. The quantitative estimate of drug-likeness (QED) is 0.859. The van der Waals surface area contributed by atoms with Gasteiger partial charge in [-0.15, -0.1) is 0 Å². The van der Waals surface area contributed by atoms with Crippen LogP contribution in [0.15, 0.2) is 24.4 Å². The maximum atomic E-state index is 4.59. The van der Waals surface area contributed by atoms with Crippen molar-refractivity contribution in [3.63, 3.8) is 0 Å². The third-order valence-electron chi connectivity index (χ3n) is 3.62. The predicted octanol–water partition coefficient (Wildman–Crippen LogP) is 3.56. The van der Waals surface area contributed by atoms with Crippen LogP contribution in [0, 0.1) is 12.8 Å². The summed E-state index contributed by atoms with van der Waals surface area (Å²) in [5.41, 5.74) is 3.42. The van der Waals surface area contributed by atoms with Crippen LogP contribution in [-0.4, -0.2) is 15.4 Å². The highest BCUT2D eigenvalue weighted by atomic mass is 15.0. The van der Waals surface area contributed by atoms with Crippen LogP contribution in [-0.2, 0) is 6.54 Å². The first-order valence-corrected chi connectivity index (χ1v) is 7.24. The topological polar surface area (TPSA) is 29.3 Å². The first-order valence-electron chi connectivity index (χ1n) is 7.24. The van der Waals surface area contributed by atoms with Crippen LogP contribution in [0.4, 0.5) is 0 Å². The van der Waals surface area contributed by atoms with Crippen molar-refractivity contribution >= 4 is 5.65 Å². The molecule has 2 aromatic heterocycles. The second-order valence-electron chi connectivity index (χ2n) is 5.83. The molecule has 104 valence electrons. The fraction of sp³-hybridized carbons (Fsp3) is 0.562. The van der Waals surface area contributed by atoms with Crippen molar-refractivity contribution in [2.45, 2.75) is 53.1 Å². The van der Waals surface area contributed by atoms with Gasteiger partial charge in [0.1, 0.15) is 5.65 Å². The minimum absolute atomic E-state index is 0.552. The lowest BCUT2D eigenvalue weighted by atomic mass is 10.0. The highest BCUT2D eigenvalue weighted by molar-refractivity contribution is 5.42. The third-order valence-corrected chi connectivity index (χ3v) is 3.62. The van der Waals surface area contributed by atoms with Gasteiger partial charge >= 0.3 is 0 Å². The summed E-state index contributed by atoms with van der Waals surface area (Å²) in [5, 5.41) is 3.61. The van der Waals surface area contributed by atoms with Gasteiger partial charge in [-0.1, -0.05) is 19.9 Å². The second-order valence-corrected chi connectivity index (χ2v) is 5.83. The molecule has 0 aliphatic rings. The molecule has 2 heterocycles. The van der Waals surface area contributed by atoms with Gasteiger partial charge in [0.2, 0.25) is 0 Å². The van der Waals surface area contributed by atoms with Gasteiger partial charge < -0.3 is 9.72 Å². The number of aryl methyl sites for hydroxylation is 1. The average Bonchev–Trinajstić information content (AvgIpc) is 2.69. The number of nitrogens with one attached hydrogen (secondary N) is 1. The number of aromatic nitrogens is 2. The highest BCUT2D eigenvalue weighted by Crippen LogP contribution is 2.12. The molecule has 3 nitrogen and oxygen atoms in total. The molecule has 1 atom stereocenters. The van der Waals surface area contributed by atoms with Crippen LogP contribution in [0.2, 0.25) is 0 Å². The SMILES string of the molecule is Cc1nc2ccccn2c1CNC(C)CCC(C)C. The predicted molar refractivity (Wildman–Crippen MR) is 80.3 cm³/mol. The monoisotopic (exact) mass is 259 g/mol. The van der Waals surface area contributed by atoms with Crippen LogP contribution >= 0.6 is 0 Å². The van der Waals surface area contributed by atoms with E-state index in [-0.39, 0.29) is 0 Å². The average molecular weight is 259 g/mol. The number of hydrogen-bond donors (Lipinski definition) is 1. The summed E-state index contributed by atoms with van der Waals surface area (Å²) in [4.78, 5) is 4.59. The summed E-state index contributed by atoms with van der Waals surface area (Å²) in [6, 6.07) is 6.69. The second kappa shape index (κ2) is 6.20. The number of hydrogen-bond acceptors (Lipinski definition) is 2. The number of fused-ring (bicyclic) bond motifs is 1. The smallest absolute Gasteiger partial charge is 0.137 e. The molecule has 0 bridgehead atoms. The Labute approximate surface area is 116 Å². The molecule has 0 saturated carbocycles. The third kappa shape index (κ3) is 3.57. The molecule has 1 N–H and O–H groups in total. The Bertz CT molecular complexity index is 528. The molecule has 3 heteroatoms. The molecular formula is C16H25N3. The van der Waals surface area contributed by atoms with Gasteiger partial charge in [0.25, 0.3) is 0 Å². The van der Waals surface area contributed by atoms with E-state index in [1.54, 1.807) is 0 Å². The fourth-order valence-corrected chi connectivity index (χ4v) is 2.33. The van der Waals surface area contributed by atoms with Crippen LogP contribution in [0.3, 0.4) is 0 Å². The summed E-state index contributed by atoms with van der Waals surface area (Å²) in [6.07, 6.45) is 4.60. The molecule has 0 aliphatic heterocycles. The van der Waals surface area contributed by atoms with Crippen molar-refractivity contribution in [2.24, 2.45) is 5.92 Å². The first kappa shape index (κ1) is 14.1. The normalized spacial score (nSPS) is 13.3. The molecule has 0 aliphatic carbocycles. The zero-order valence-corrected chi connectivity index (χ0v) is 12.5. The minimum atomic E-state index is 0.552. The van der Waals surface area contributed by atoms with Crippen molar-refractivity contribution in [3.8, 4) is 0 Å². The molecule has 0 radical (unpaired) electrons. The van der Waals surface area contributed by atoms with E-state index in [1.165, 1.54) is 18.5 Å². The van der Waals surface area contributed by atoms with Crippen LogP contribution in [0.25, 0.3) is 5.65 Å². The van der Waals surface area contributed by atoms with Gasteiger partial charge in [-0.05, 0) is 44.7 Å². The summed E-state index contributed by atoms with van der Waals surface area (Å²) in [7, 11) is 0. The Hall–Kier alpha value is -1.35. The van der Waals surface area contributed by atoms with E-state index in [2.05, 4.69) is 60.7 Å². The Morgan fingerprint density at radius 1 is 1.21 bits per heavy atom. The Kier molecular flexibility index (Phi) is 4.59. The van der Waals surface area contributed by atoms with E-state index in [4.69, 9.17) is 0 Å². The van der Waals surface area contributed by atoms with E-state index in [9.17, 15) is 0 Å². The van der Waals surface area contributed by atoms with Crippen molar-refractivity contribution in [1.29, 1.82) is 0 Å². The van der Waals surface area contributed by atoms with Crippen molar-refractivity contribution < 1.29 is 0 Å². The number of rotatable bonds is 6.